The molecule has 0 aliphatic heterocycles. The van der Waals surface area contributed by atoms with Crippen LogP contribution in [-0.2, 0) is 0 Å². The van der Waals surface area contributed by atoms with Crippen LogP contribution in [0.3, 0.4) is 0 Å². The molecule has 0 fully saturated rings. The van der Waals surface area contributed by atoms with E-state index in [1.807, 2.05) is 0 Å². The molecule has 0 spiro atoms. The molecule has 0 heterocycles. The van der Waals surface area contributed by atoms with Crippen LogP contribution < -0.4 is 0 Å². The fourth-order valence-electron chi connectivity index (χ4n) is 2.28. The second-order valence-corrected chi connectivity index (χ2v) is 6.66. The zero-order valence-electron chi connectivity index (χ0n) is 11.3. The Kier molecular flexibility index (Phi) is 4.41. The maximum absolute atomic E-state index is 14.0. The summed E-state index contributed by atoms with van der Waals surface area (Å²) >= 11 is 6.48. The van der Waals surface area contributed by atoms with E-state index in [4.69, 9.17) is 0 Å². The van der Waals surface area contributed by atoms with E-state index in [-0.39, 0.29) is 11.6 Å². The smallest absolute Gasteiger partial charge is 0.132 e. The minimum atomic E-state index is -0.294. The van der Waals surface area contributed by atoms with E-state index >= 15 is 0 Å². The number of hydrogen-bond acceptors (Lipinski definition) is 0. The van der Waals surface area contributed by atoms with E-state index in [0.717, 1.165) is 11.1 Å². The molecule has 0 saturated carbocycles. The highest BCUT2D eigenvalue weighted by Crippen LogP contribution is 2.30. The van der Waals surface area contributed by atoms with E-state index in [1.54, 1.807) is 48.5 Å². The average Bonchev–Trinajstić information content (AvgIpc) is 2.48. The van der Waals surface area contributed by atoms with Crippen molar-refractivity contribution in [3.8, 4) is 22.3 Å². The van der Waals surface area contributed by atoms with Crippen LogP contribution in [0.5, 0.6) is 0 Å². The molecule has 0 nitrogen and oxygen atoms in total. The van der Waals surface area contributed by atoms with Crippen LogP contribution in [-0.4, -0.2) is 0 Å². The fourth-order valence-corrected chi connectivity index (χ4v) is 2.94. The Morgan fingerprint density at radius 1 is 0.545 bits per heavy atom. The lowest BCUT2D eigenvalue weighted by Gasteiger charge is -2.07. The molecule has 3 rings (SSSR count). The van der Waals surface area contributed by atoms with Gasteiger partial charge in [0.15, 0.2) is 0 Å². The van der Waals surface area contributed by atoms with Gasteiger partial charge in [-0.15, -0.1) is 0 Å². The first-order chi connectivity index (χ1) is 10.5. The van der Waals surface area contributed by atoms with E-state index < -0.39 is 0 Å². The molecule has 0 radical (unpaired) electrons. The average molecular weight is 424 g/mol. The number of rotatable bonds is 2. The minimum Gasteiger partial charge on any atom is -0.206 e. The highest BCUT2D eigenvalue weighted by atomic mass is 79.9. The molecular weight excluding hydrogens is 414 g/mol. The Balaban J connectivity index is 1.99. The molecule has 0 amide bonds. The summed E-state index contributed by atoms with van der Waals surface area (Å²) in [5.41, 5.74) is 2.55. The van der Waals surface area contributed by atoms with Crippen molar-refractivity contribution in [2.75, 3.05) is 0 Å². The Bertz CT molecular complexity index is 756. The number of benzene rings is 3. The predicted octanol–water partition coefficient (Wildman–Crippen LogP) is 6.82. The Morgan fingerprint density at radius 3 is 1.23 bits per heavy atom. The van der Waals surface area contributed by atoms with E-state index in [1.165, 1.54) is 12.1 Å². The summed E-state index contributed by atoms with van der Waals surface area (Å²) in [5.74, 6) is -0.589. The summed E-state index contributed by atoms with van der Waals surface area (Å²) in [6, 6.07) is 17.1. The van der Waals surface area contributed by atoms with Gasteiger partial charge < -0.3 is 0 Å². The van der Waals surface area contributed by atoms with Crippen molar-refractivity contribution in [2.45, 2.75) is 0 Å². The summed E-state index contributed by atoms with van der Waals surface area (Å²) in [6.45, 7) is 0. The standard InChI is InChI=1S/C18H10Br2F2/c19-13-5-7-15(17(21)9-13)11-1-2-12(4-3-11)16-8-6-14(20)10-18(16)22/h1-10H. The third-order valence-electron chi connectivity index (χ3n) is 3.37. The van der Waals surface area contributed by atoms with Crippen LogP contribution in [0.4, 0.5) is 8.78 Å². The molecule has 0 aliphatic carbocycles. The van der Waals surface area contributed by atoms with E-state index in [2.05, 4.69) is 31.9 Å². The van der Waals surface area contributed by atoms with Gasteiger partial charge >= 0.3 is 0 Å². The van der Waals surface area contributed by atoms with Crippen molar-refractivity contribution in [1.29, 1.82) is 0 Å². The van der Waals surface area contributed by atoms with Gasteiger partial charge in [0, 0.05) is 20.1 Å². The summed E-state index contributed by atoms with van der Waals surface area (Å²) < 4.78 is 29.3. The molecule has 0 unspecified atom stereocenters. The maximum atomic E-state index is 14.0. The van der Waals surface area contributed by atoms with Gasteiger partial charge in [-0.1, -0.05) is 68.3 Å². The van der Waals surface area contributed by atoms with Gasteiger partial charge in [-0.25, -0.2) is 8.78 Å². The summed E-state index contributed by atoms with van der Waals surface area (Å²) in [5, 5.41) is 0. The third-order valence-corrected chi connectivity index (χ3v) is 4.36. The normalized spacial score (nSPS) is 10.7. The molecule has 3 aromatic carbocycles. The SMILES string of the molecule is Fc1cc(Br)ccc1-c1ccc(-c2ccc(Br)cc2F)cc1. The van der Waals surface area contributed by atoms with Crippen LogP contribution in [0.25, 0.3) is 22.3 Å². The second-order valence-electron chi connectivity index (χ2n) is 4.83. The topological polar surface area (TPSA) is 0 Å². The van der Waals surface area contributed by atoms with Crippen molar-refractivity contribution in [2.24, 2.45) is 0 Å². The summed E-state index contributed by atoms with van der Waals surface area (Å²) in [7, 11) is 0. The summed E-state index contributed by atoms with van der Waals surface area (Å²) in [6.07, 6.45) is 0. The largest absolute Gasteiger partial charge is 0.206 e. The quantitative estimate of drug-likeness (QED) is 0.424. The Labute approximate surface area is 144 Å². The zero-order chi connectivity index (χ0) is 15.7. The maximum Gasteiger partial charge on any atom is 0.132 e. The van der Waals surface area contributed by atoms with Crippen molar-refractivity contribution in [1.82, 2.24) is 0 Å². The molecule has 0 bridgehead atoms. The van der Waals surface area contributed by atoms with Crippen LogP contribution in [0.15, 0.2) is 69.6 Å². The highest BCUT2D eigenvalue weighted by Gasteiger charge is 2.08. The highest BCUT2D eigenvalue weighted by molar-refractivity contribution is 9.10. The first-order valence-electron chi connectivity index (χ1n) is 6.55. The van der Waals surface area contributed by atoms with Crippen molar-refractivity contribution >= 4 is 31.9 Å². The number of halogens is 4. The molecule has 110 valence electrons. The molecule has 3 aromatic rings. The monoisotopic (exact) mass is 422 g/mol. The van der Waals surface area contributed by atoms with Crippen LogP contribution in [0.1, 0.15) is 0 Å². The van der Waals surface area contributed by atoms with Crippen molar-refractivity contribution in [3.05, 3.63) is 81.2 Å². The predicted molar refractivity (Wildman–Crippen MR) is 92.6 cm³/mol. The second kappa shape index (κ2) is 6.31. The molecule has 22 heavy (non-hydrogen) atoms. The number of hydrogen-bond donors (Lipinski definition) is 0. The van der Waals surface area contributed by atoms with Crippen LogP contribution in [0, 0.1) is 11.6 Å². The third kappa shape index (κ3) is 3.13. The Morgan fingerprint density at radius 2 is 0.909 bits per heavy atom. The van der Waals surface area contributed by atoms with Crippen molar-refractivity contribution in [3.63, 3.8) is 0 Å². The van der Waals surface area contributed by atoms with Gasteiger partial charge in [-0.05, 0) is 35.4 Å². The zero-order valence-corrected chi connectivity index (χ0v) is 14.5. The lowest BCUT2D eigenvalue weighted by atomic mass is 10.00. The molecule has 4 heteroatoms. The summed E-state index contributed by atoms with van der Waals surface area (Å²) in [4.78, 5) is 0. The van der Waals surface area contributed by atoms with Gasteiger partial charge in [0.1, 0.15) is 11.6 Å². The molecular formula is C18H10Br2F2. The van der Waals surface area contributed by atoms with Gasteiger partial charge in [0.05, 0.1) is 0 Å². The lowest BCUT2D eigenvalue weighted by molar-refractivity contribution is 0.629. The van der Waals surface area contributed by atoms with Crippen LogP contribution in [0.2, 0.25) is 0 Å². The molecule has 0 atom stereocenters. The van der Waals surface area contributed by atoms with Gasteiger partial charge in [0.25, 0.3) is 0 Å². The molecule has 0 aromatic heterocycles. The van der Waals surface area contributed by atoms with Crippen molar-refractivity contribution < 1.29 is 8.78 Å². The van der Waals surface area contributed by atoms with E-state index in [9.17, 15) is 8.78 Å². The fraction of sp³-hybridized carbons (Fsp3) is 0. The lowest BCUT2D eigenvalue weighted by Crippen LogP contribution is -1.87. The Hall–Kier alpha value is -1.52. The van der Waals surface area contributed by atoms with Gasteiger partial charge in [-0.2, -0.15) is 0 Å². The van der Waals surface area contributed by atoms with E-state index in [0.29, 0.717) is 20.1 Å². The first-order valence-corrected chi connectivity index (χ1v) is 8.14. The van der Waals surface area contributed by atoms with Gasteiger partial charge in [-0.3, -0.25) is 0 Å². The molecule has 0 N–H and O–H groups in total. The van der Waals surface area contributed by atoms with Gasteiger partial charge in [0.2, 0.25) is 0 Å². The minimum absolute atomic E-state index is 0.294. The molecule has 0 saturated heterocycles. The molecule has 0 aliphatic rings. The first kappa shape index (κ1) is 15.4. The van der Waals surface area contributed by atoms with Crippen LogP contribution >= 0.6 is 31.9 Å².